The second-order valence-corrected chi connectivity index (χ2v) is 4.89. The number of nitrogens with zero attached hydrogens (tertiary/aromatic N) is 2. The summed E-state index contributed by atoms with van der Waals surface area (Å²) < 4.78 is 10.1. The summed E-state index contributed by atoms with van der Waals surface area (Å²) >= 11 is 0. The number of hydrogen-bond acceptors (Lipinski definition) is 6. The summed E-state index contributed by atoms with van der Waals surface area (Å²) in [6, 6.07) is 3.01. The largest absolute Gasteiger partial charge is 0.481 e. The monoisotopic (exact) mass is 280 g/mol. The number of ether oxygens (including phenoxy) is 2. The van der Waals surface area contributed by atoms with Gasteiger partial charge in [0.2, 0.25) is 12.1 Å². The summed E-state index contributed by atoms with van der Waals surface area (Å²) in [5, 5.41) is 10.4. The van der Waals surface area contributed by atoms with E-state index in [2.05, 4.69) is 4.98 Å². The van der Waals surface area contributed by atoms with Crippen LogP contribution in [0.15, 0.2) is 18.3 Å². The van der Waals surface area contributed by atoms with E-state index in [4.69, 9.17) is 9.47 Å². The van der Waals surface area contributed by atoms with Crippen LogP contribution in [-0.2, 0) is 4.74 Å². The van der Waals surface area contributed by atoms with Crippen LogP contribution in [0.3, 0.4) is 0 Å². The minimum atomic E-state index is -0.689. The van der Waals surface area contributed by atoms with Gasteiger partial charge < -0.3 is 9.47 Å². The number of rotatable bonds is 4. The van der Waals surface area contributed by atoms with Gasteiger partial charge in [-0.2, -0.15) is 0 Å². The quantitative estimate of drug-likeness (QED) is 0.477. The van der Waals surface area contributed by atoms with Gasteiger partial charge in [0.1, 0.15) is 5.60 Å². The summed E-state index contributed by atoms with van der Waals surface area (Å²) in [5.41, 5.74) is -0.430. The van der Waals surface area contributed by atoms with Crippen molar-refractivity contribution < 1.29 is 19.2 Å². The molecule has 0 aliphatic heterocycles. The first kappa shape index (κ1) is 15.6. The predicted octanol–water partition coefficient (Wildman–Crippen LogP) is 2.29. The molecule has 7 nitrogen and oxygen atoms in total. The molecule has 1 aromatic heterocycles. The molecule has 0 spiro atoms. The van der Waals surface area contributed by atoms with Gasteiger partial charge in [0.05, 0.1) is 12.0 Å². The van der Waals surface area contributed by atoms with Crippen molar-refractivity contribution >= 4 is 12.0 Å². The molecule has 0 saturated carbocycles. The van der Waals surface area contributed by atoms with E-state index in [1.54, 1.807) is 20.8 Å². The van der Waals surface area contributed by atoms with Crippen LogP contribution < -0.4 is 4.74 Å². The molecule has 0 fully saturated rings. The van der Waals surface area contributed by atoms with E-state index in [0.29, 0.717) is 0 Å². The smallest absolute Gasteiger partial charge is 0.358 e. The highest BCUT2D eigenvalue weighted by molar-refractivity contribution is 5.91. The van der Waals surface area contributed by atoms with Crippen LogP contribution in [0.4, 0.5) is 0 Å². The van der Waals surface area contributed by atoms with Gasteiger partial charge in [-0.1, -0.05) is 0 Å². The Morgan fingerprint density at radius 3 is 2.55 bits per heavy atom. The highest BCUT2D eigenvalue weighted by atomic mass is 16.6. The molecule has 1 heterocycles. The van der Waals surface area contributed by atoms with Gasteiger partial charge in [-0.15, -0.1) is 0 Å². The average Bonchev–Trinajstić information content (AvgIpc) is 2.34. The molecule has 0 unspecified atom stereocenters. The van der Waals surface area contributed by atoms with Gasteiger partial charge in [0, 0.05) is 17.7 Å². The predicted molar refractivity (Wildman–Crippen MR) is 72.0 cm³/mol. The van der Waals surface area contributed by atoms with E-state index in [9.17, 15) is 14.9 Å². The molecular formula is C13H16N2O5. The summed E-state index contributed by atoms with van der Waals surface area (Å²) in [5.74, 6) is -0.441. The number of methoxy groups -OCH3 is 1. The van der Waals surface area contributed by atoms with Crippen LogP contribution >= 0.6 is 0 Å². The fourth-order valence-corrected chi connectivity index (χ4v) is 1.33. The van der Waals surface area contributed by atoms with E-state index in [1.807, 2.05) is 0 Å². The lowest BCUT2D eigenvalue weighted by molar-refractivity contribution is -0.400. The molecule has 0 amide bonds. The normalized spacial score (nSPS) is 11.4. The van der Waals surface area contributed by atoms with Crippen molar-refractivity contribution in [3.05, 3.63) is 39.7 Å². The molecule has 0 aliphatic rings. The van der Waals surface area contributed by atoms with Crippen LogP contribution in [0.5, 0.6) is 5.88 Å². The molecule has 0 N–H and O–H groups in total. The van der Waals surface area contributed by atoms with E-state index < -0.39 is 16.5 Å². The summed E-state index contributed by atoms with van der Waals surface area (Å²) in [4.78, 5) is 25.8. The van der Waals surface area contributed by atoms with Crippen molar-refractivity contribution in [3.8, 4) is 5.88 Å². The highest BCUT2D eigenvalue weighted by Crippen LogP contribution is 2.18. The Morgan fingerprint density at radius 2 is 2.05 bits per heavy atom. The van der Waals surface area contributed by atoms with Crippen LogP contribution in [0.25, 0.3) is 6.08 Å². The lowest BCUT2D eigenvalue weighted by atomic mass is 10.1. The third-order valence-corrected chi connectivity index (χ3v) is 2.08. The van der Waals surface area contributed by atoms with Crippen LogP contribution in [0.1, 0.15) is 36.8 Å². The molecule has 20 heavy (non-hydrogen) atoms. The van der Waals surface area contributed by atoms with E-state index >= 15 is 0 Å². The van der Waals surface area contributed by atoms with Crippen molar-refractivity contribution in [2.45, 2.75) is 26.4 Å². The Balaban J connectivity index is 3.18. The van der Waals surface area contributed by atoms with Gasteiger partial charge in [-0.25, -0.2) is 9.78 Å². The topological polar surface area (TPSA) is 91.6 Å². The molecule has 0 bridgehead atoms. The fraction of sp³-hybridized carbons (Fsp3) is 0.385. The second-order valence-electron chi connectivity index (χ2n) is 4.89. The van der Waals surface area contributed by atoms with Crippen molar-refractivity contribution in [1.29, 1.82) is 0 Å². The molecular weight excluding hydrogens is 264 g/mol. The van der Waals surface area contributed by atoms with Crippen LogP contribution in [-0.4, -0.2) is 28.6 Å². The molecule has 1 rings (SSSR count). The Bertz CT molecular complexity index is 546. The number of hydrogen-bond donors (Lipinski definition) is 0. The maximum atomic E-state index is 12.0. The number of pyridine rings is 1. The summed E-state index contributed by atoms with van der Waals surface area (Å²) in [6.07, 6.45) is 1.92. The molecule has 7 heteroatoms. The minimum Gasteiger partial charge on any atom is -0.481 e. The van der Waals surface area contributed by atoms with Crippen LogP contribution in [0, 0.1) is 10.1 Å². The number of carbonyl (C=O) groups is 1. The van der Waals surface area contributed by atoms with Crippen molar-refractivity contribution in [2.75, 3.05) is 7.11 Å². The Labute approximate surface area is 116 Å². The lowest BCUT2D eigenvalue weighted by Gasteiger charge is -2.19. The van der Waals surface area contributed by atoms with Crippen molar-refractivity contribution in [1.82, 2.24) is 4.98 Å². The first-order chi connectivity index (χ1) is 9.23. The third kappa shape index (κ3) is 4.68. The van der Waals surface area contributed by atoms with Gasteiger partial charge >= 0.3 is 5.97 Å². The minimum absolute atomic E-state index is 0.0302. The molecule has 0 radical (unpaired) electrons. The molecule has 0 saturated heterocycles. The second kappa shape index (κ2) is 6.14. The van der Waals surface area contributed by atoms with Gasteiger partial charge in [-0.3, -0.25) is 10.1 Å². The van der Waals surface area contributed by atoms with Gasteiger partial charge in [0.15, 0.2) is 5.69 Å². The average molecular weight is 280 g/mol. The SMILES string of the molecule is COc1ccc(/C=C/[N+](=O)[O-])c(C(=O)OC(C)(C)C)n1. The molecule has 0 aliphatic carbocycles. The fourth-order valence-electron chi connectivity index (χ4n) is 1.33. The first-order valence-electron chi connectivity index (χ1n) is 5.83. The maximum Gasteiger partial charge on any atom is 0.358 e. The molecule has 1 aromatic rings. The highest BCUT2D eigenvalue weighted by Gasteiger charge is 2.22. The molecule has 108 valence electrons. The van der Waals surface area contributed by atoms with Crippen molar-refractivity contribution in [2.24, 2.45) is 0 Å². The lowest BCUT2D eigenvalue weighted by Crippen LogP contribution is -2.25. The Morgan fingerprint density at radius 1 is 1.40 bits per heavy atom. The first-order valence-corrected chi connectivity index (χ1v) is 5.83. The Kier molecular flexibility index (Phi) is 4.79. The van der Waals surface area contributed by atoms with E-state index in [1.165, 1.54) is 25.3 Å². The Hall–Kier alpha value is -2.44. The zero-order valence-electron chi connectivity index (χ0n) is 11.7. The van der Waals surface area contributed by atoms with E-state index in [0.717, 1.165) is 6.20 Å². The molecule has 0 aromatic carbocycles. The summed E-state index contributed by atoms with van der Waals surface area (Å²) in [6.45, 7) is 5.16. The zero-order valence-corrected chi connectivity index (χ0v) is 11.7. The van der Waals surface area contributed by atoms with Crippen LogP contribution in [0.2, 0.25) is 0 Å². The summed E-state index contributed by atoms with van der Waals surface area (Å²) in [7, 11) is 1.41. The maximum absolute atomic E-state index is 12.0. The van der Waals surface area contributed by atoms with Gasteiger partial charge in [0.25, 0.3) is 0 Å². The third-order valence-electron chi connectivity index (χ3n) is 2.08. The van der Waals surface area contributed by atoms with Crippen molar-refractivity contribution in [3.63, 3.8) is 0 Å². The van der Waals surface area contributed by atoms with Gasteiger partial charge in [-0.05, 0) is 26.8 Å². The molecule has 0 atom stereocenters. The zero-order chi connectivity index (χ0) is 15.3. The number of esters is 1. The standard InChI is InChI=1S/C13H16N2O5/c1-13(2,3)20-12(16)11-9(7-8-15(17)18)5-6-10(14-11)19-4/h5-8H,1-4H3/b8-7+. The number of carbonyl (C=O) groups excluding carboxylic acids is 1. The number of aromatic nitrogens is 1. The van der Waals surface area contributed by atoms with E-state index in [-0.39, 0.29) is 17.1 Å². The number of nitro groups is 1.